The first-order valence-corrected chi connectivity index (χ1v) is 11.5. The predicted molar refractivity (Wildman–Crippen MR) is 148 cm³/mol. The summed E-state index contributed by atoms with van der Waals surface area (Å²) >= 11 is 0. The molecule has 7 nitrogen and oxygen atoms in total. The van der Waals surface area contributed by atoms with Crippen molar-refractivity contribution in [3.05, 3.63) is 83.4 Å². The zero-order valence-corrected chi connectivity index (χ0v) is 22.6. The van der Waals surface area contributed by atoms with Gasteiger partial charge in [-0.2, -0.15) is 0 Å². The number of hydrogen-bond donors (Lipinski definition) is 2. The Balaban J connectivity index is 0.00000408. The van der Waals surface area contributed by atoms with E-state index in [9.17, 15) is 0 Å². The molecule has 1 aromatic heterocycles. The standard InChI is InChI=1S/C26H35N5O2.HI/c1-4-32-16-17-33-24-18-21(2)10-11-23(24)19-30-26(27-3)29-13-12-25-28-14-15-31(25)20-22-8-6-5-7-9-22;/h5-11,14-15,18H,4,12-13,16-17,19-20H2,1-3H3,(H2,27,29,30);1H. The summed E-state index contributed by atoms with van der Waals surface area (Å²) < 4.78 is 13.5. The lowest BCUT2D eigenvalue weighted by Gasteiger charge is -2.16. The van der Waals surface area contributed by atoms with E-state index in [1.165, 1.54) is 11.1 Å². The maximum atomic E-state index is 5.94. The first-order valence-electron chi connectivity index (χ1n) is 11.5. The fourth-order valence-electron chi connectivity index (χ4n) is 3.48. The average molecular weight is 578 g/mol. The summed E-state index contributed by atoms with van der Waals surface area (Å²) in [6.07, 6.45) is 4.69. The molecule has 34 heavy (non-hydrogen) atoms. The lowest BCUT2D eigenvalue weighted by molar-refractivity contribution is 0.110. The molecule has 0 spiro atoms. The van der Waals surface area contributed by atoms with Crippen molar-refractivity contribution in [3.8, 4) is 5.75 Å². The van der Waals surface area contributed by atoms with Gasteiger partial charge in [0.1, 0.15) is 18.2 Å². The van der Waals surface area contributed by atoms with Gasteiger partial charge in [0.15, 0.2) is 5.96 Å². The third-order valence-electron chi connectivity index (χ3n) is 5.22. The highest BCUT2D eigenvalue weighted by Crippen LogP contribution is 2.20. The van der Waals surface area contributed by atoms with Gasteiger partial charge in [0.2, 0.25) is 0 Å². The first-order chi connectivity index (χ1) is 16.2. The highest BCUT2D eigenvalue weighted by atomic mass is 127. The van der Waals surface area contributed by atoms with E-state index in [-0.39, 0.29) is 24.0 Å². The molecule has 0 aliphatic heterocycles. The van der Waals surface area contributed by atoms with Crippen LogP contribution in [0.3, 0.4) is 0 Å². The maximum Gasteiger partial charge on any atom is 0.191 e. The number of aromatic nitrogens is 2. The van der Waals surface area contributed by atoms with Gasteiger partial charge in [-0.1, -0.05) is 42.5 Å². The monoisotopic (exact) mass is 577 g/mol. The lowest BCUT2D eigenvalue weighted by Crippen LogP contribution is -2.38. The number of halogens is 1. The smallest absolute Gasteiger partial charge is 0.191 e. The van der Waals surface area contributed by atoms with Crippen LogP contribution >= 0.6 is 24.0 Å². The molecule has 0 saturated heterocycles. The van der Waals surface area contributed by atoms with Crippen molar-refractivity contribution >= 4 is 29.9 Å². The van der Waals surface area contributed by atoms with Crippen molar-refractivity contribution in [2.75, 3.05) is 33.4 Å². The number of benzene rings is 2. The van der Waals surface area contributed by atoms with Gasteiger partial charge in [-0.05, 0) is 31.0 Å². The highest BCUT2D eigenvalue weighted by molar-refractivity contribution is 14.0. The number of imidazole rings is 1. The van der Waals surface area contributed by atoms with Crippen molar-refractivity contribution in [1.29, 1.82) is 0 Å². The van der Waals surface area contributed by atoms with E-state index >= 15 is 0 Å². The molecule has 1 heterocycles. The molecular weight excluding hydrogens is 541 g/mol. The molecule has 184 valence electrons. The SMILES string of the molecule is CCOCCOc1cc(C)ccc1CNC(=NC)NCCc1nccn1Cc1ccccc1.I. The molecule has 0 atom stereocenters. The Morgan fingerprint density at radius 3 is 2.68 bits per heavy atom. The van der Waals surface area contributed by atoms with Crippen molar-refractivity contribution in [1.82, 2.24) is 20.2 Å². The number of nitrogens with one attached hydrogen (secondary N) is 2. The van der Waals surface area contributed by atoms with E-state index in [1.807, 2.05) is 25.4 Å². The fourth-order valence-corrected chi connectivity index (χ4v) is 3.48. The molecule has 8 heteroatoms. The second-order valence-corrected chi connectivity index (χ2v) is 7.72. The molecule has 2 N–H and O–H groups in total. The quantitative estimate of drug-likeness (QED) is 0.146. The normalized spacial score (nSPS) is 11.1. The predicted octanol–water partition coefficient (Wildman–Crippen LogP) is 4.18. The van der Waals surface area contributed by atoms with E-state index < -0.39 is 0 Å². The van der Waals surface area contributed by atoms with Crippen LogP contribution in [-0.2, 0) is 24.2 Å². The van der Waals surface area contributed by atoms with Crippen molar-refractivity contribution < 1.29 is 9.47 Å². The highest BCUT2D eigenvalue weighted by Gasteiger charge is 2.08. The molecule has 2 aromatic carbocycles. The number of aliphatic imine (C=N–C) groups is 1. The van der Waals surface area contributed by atoms with E-state index in [1.54, 1.807) is 7.05 Å². The number of hydrogen-bond acceptors (Lipinski definition) is 4. The molecule has 3 rings (SSSR count). The summed E-state index contributed by atoms with van der Waals surface area (Å²) in [5.74, 6) is 2.67. The molecule has 0 aliphatic rings. The summed E-state index contributed by atoms with van der Waals surface area (Å²) in [6.45, 7) is 8.03. The molecular formula is C26H36IN5O2. The zero-order valence-electron chi connectivity index (χ0n) is 20.3. The molecule has 0 unspecified atom stereocenters. The van der Waals surface area contributed by atoms with Crippen molar-refractivity contribution in [2.24, 2.45) is 4.99 Å². The van der Waals surface area contributed by atoms with E-state index in [4.69, 9.17) is 9.47 Å². The van der Waals surface area contributed by atoms with Crippen molar-refractivity contribution in [2.45, 2.75) is 33.4 Å². The van der Waals surface area contributed by atoms with Crippen LogP contribution < -0.4 is 15.4 Å². The van der Waals surface area contributed by atoms with E-state index in [0.717, 1.165) is 42.6 Å². The summed E-state index contributed by atoms with van der Waals surface area (Å²) in [5.41, 5.74) is 3.51. The minimum absolute atomic E-state index is 0. The second-order valence-electron chi connectivity index (χ2n) is 7.72. The van der Waals surface area contributed by atoms with Crippen LogP contribution in [0.5, 0.6) is 5.75 Å². The van der Waals surface area contributed by atoms with Gasteiger partial charge in [0, 0.05) is 57.7 Å². The van der Waals surface area contributed by atoms with Gasteiger partial charge in [-0.15, -0.1) is 24.0 Å². The molecule has 0 aliphatic carbocycles. The molecule has 0 bridgehead atoms. The fraction of sp³-hybridized carbons (Fsp3) is 0.385. The minimum atomic E-state index is 0. The average Bonchev–Trinajstić information content (AvgIpc) is 3.27. The zero-order chi connectivity index (χ0) is 23.3. The maximum absolute atomic E-state index is 5.94. The van der Waals surface area contributed by atoms with Gasteiger partial charge in [0.25, 0.3) is 0 Å². The Labute approximate surface area is 220 Å². The molecule has 0 fully saturated rings. The molecule has 3 aromatic rings. The molecule has 0 radical (unpaired) electrons. The van der Waals surface area contributed by atoms with E-state index in [2.05, 4.69) is 74.6 Å². The number of guanidine groups is 1. The summed E-state index contributed by atoms with van der Waals surface area (Å²) in [7, 11) is 1.78. The van der Waals surface area contributed by atoms with Gasteiger partial charge in [-0.25, -0.2) is 4.98 Å². The topological polar surface area (TPSA) is 72.7 Å². The molecule has 0 saturated carbocycles. The third-order valence-corrected chi connectivity index (χ3v) is 5.22. The first kappa shape index (κ1) is 27.7. The number of ether oxygens (including phenoxy) is 2. The van der Waals surface area contributed by atoms with Crippen LogP contribution in [-0.4, -0.2) is 48.9 Å². The Kier molecular flexibility index (Phi) is 12.5. The van der Waals surface area contributed by atoms with Crippen LogP contribution in [0.1, 0.15) is 29.4 Å². The largest absolute Gasteiger partial charge is 0.491 e. The van der Waals surface area contributed by atoms with Gasteiger partial charge in [-0.3, -0.25) is 4.99 Å². The third kappa shape index (κ3) is 8.98. The Hall–Kier alpha value is -2.59. The summed E-state index contributed by atoms with van der Waals surface area (Å²) in [5, 5.41) is 6.77. The van der Waals surface area contributed by atoms with Crippen LogP contribution in [0.4, 0.5) is 0 Å². The summed E-state index contributed by atoms with van der Waals surface area (Å²) in [6, 6.07) is 16.7. The Bertz CT molecular complexity index is 1010. The second kappa shape index (κ2) is 15.3. The lowest BCUT2D eigenvalue weighted by atomic mass is 10.1. The van der Waals surface area contributed by atoms with Crippen LogP contribution in [0.25, 0.3) is 0 Å². The minimum Gasteiger partial charge on any atom is -0.491 e. The summed E-state index contributed by atoms with van der Waals surface area (Å²) in [4.78, 5) is 8.88. The van der Waals surface area contributed by atoms with Crippen LogP contribution in [0.15, 0.2) is 65.9 Å². The van der Waals surface area contributed by atoms with Crippen LogP contribution in [0.2, 0.25) is 0 Å². The Morgan fingerprint density at radius 1 is 1.09 bits per heavy atom. The van der Waals surface area contributed by atoms with Crippen LogP contribution in [0, 0.1) is 6.92 Å². The van der Waals surface area contributed by atoms with Gasteiger partial charge >= 0.3 is 0 Å². The Morgan fingerprint density at radius 2 is 1.91 bits per heavy atom. The van der Waals surface area contributed by atoms with Gasteiger partial charge < -0.3 is 24.7 Å². The number of rotatable bonds is 12. The number of aryl methyl sites for hydroxylation is 1. The van der Waals surface area contributed by atoms with Gasteiger partial charge in [0.05, 0.1) is 6.61 Å². The van der Waals surface area contributed by atoms with Crippen molar-refractivity contribution in [3.63, 3.8) is 0 Å². The van der Waals surface area contributed by atoms with E-state index in [0.29, 0.717) is 26.4 Å². The molecule has 0 amide bonds. The number of nitrogens with zero attached hydrogens (tertiary/aromatic N) is 3.